The van der Waals surface area contributed by atoms with Gasteiger partial charge in [0.1, 0.15) is 0 Å². The van der Waals surface area contributed by atoms with Crippen LogP contribution in [0.4, 0.5) is 0 Å². The molecule has 1 heterocycles. The third-order valence-corrected chi connectivity index (χ3v) is 5.27. The Balaban J connectivity index is 1.65. The predicted molar refractivity (Wildman–Crippen MR) is 117 cm³/mol. The molecule has 4 nitrogen and oxygen atoms in total. The van der Waals surface area contributed by atoms with Crippen LogP contribution in [-0.2, 0) is 17.8 Å². The molecule has 0 saturated heterocycles. The van der Waals surface area contributed by atoms with E-state index in [1.165, 1.54) is 16.5 Å². The number of likely N-dealkylation sites (N-methyl/N-ethyl adjacent to an activating group) is 1. The molecule has 0 aliphatic carbocycles. The topological polar surface area (TPSA) is 37.3 Å². The Morgan fingerprint density at radius 2 is 1.82 bits per heavy atom. The van der Waals surface area contributed by atoms with Gasteiger partial charge in [-0.05, 0) is 50.2 Å². The number of carbonyl (C=O) groups excluding carboxylic acids is 1. The molecule has 3 rings (SSSR count). The molecular weight excluding hydrogens is 370 g/mol. The minimum atomic E-state index is 0.127. The summed E-state index contributed by atoms with van der Waals surface area (Å²) in [7, 11) is 4.01. The summed E-state index contributed by atoms with van der Waals surface area (Å²) in [5.74, 6) is 0.127. The van der Waals surface area contributed by atoms with E-state index >= 15 is 0 Å². The number of aryl methyl sites for hydroxylation is 1. The van der Waals surface area contributed by atoms with Crippen molar-refractivity contribution in [3.05, 3.63) is 70.9 Å². The first-order chi connectivity index (χ1) is 13.5. The van der Waals surface area contributed by atoms with Crippen LogP contribution >= 0.6 is 11.6 Å². The third kappa shape index (κ3) is 5.37. The zero-order chi connectivity index (χ0) is 19.9. The smallest absolute Gasteiger partial charge is 0.220 e. The average molecular weight is 398 g/mol. The lowest BCUT2D eigenvalue weighted by Gasteiger charge is -2.10. The van der Waals surface area contributed by atoms with E-state index in [0.29, 0.717) is 13.0 Å². The summed E-state index contributed by atoms with van der Waals surface area (Å²) in [5, 5.41) is 5.02. The molecule has 0 aliphatic rings. The van der Waals surface area contributed by atoms with Crippen LogP contribution < -0.4 is 5.32 Å². The zero-order valence-corrected chi connectivity index (χ0v) is 17.4. The predicted octanol–water partition coefficient (Wildman–Crippen LogP) is 4.34. The second-order valence-electron chi connectivity index (χ2n) is 7.40. The second-order valence-corrected chi connectivity index (χ2v) is 7.80. The molecule has 0 fully saturated rings. The molecule has 1 amide bonds. The van der Waals surface area contributed by atoms with Crippen molar-refractivity contribution in [2.75, 3.05) is 27.2 Å². The number of carbonyl (C=O) groups is 1. The van der Waals surface area contributed by atoms with Crippen LogP contribution in [-0.4, -0.2) is 42.6 Å². The lowest BCUT2D eigenvalue weighted by atomic mass is 10.1. The average Bonchev–Trinajstić information content (AvgIpc) is 3.01. The molecule has 0 unspecified atom stereocenters. The molecule has 148 valence electrons. The SMILES string of the molecule is CN(C)CCNC(=O)CCCc1cn(Cc2ccccc2Cl)c2ccccc12. The molecule has 0 bridgehead atoms. The highest BCUT2D eigenvalue weighted by Crippen LogP contribution is 2.25. The molecule has 0 radical (unpaired) electrons. The number of rotatable bonds is 9. The number of hydrogen-bond acceptors (Lipinski definition) is 2. The number of halogens is 1. The van der Waals surface area contributed by atoms with Gasteiger partial charge < -0.3 is 14.8 Å². The van der Waals surface area contributed by atoms with E-state index in [1.54, 1.807) is 0 Å². The standard InChI is InChI=1S/C23H28ClN3O/c1-26(2)15-14-25-23(28)13-7-9-18-16-27(22-12-6-4-10-20(18)22)17-19-8-3-5-11-21(19)24/h3-6,8,10-12,16H,7,9,13-15,17H2,1-2H3,(H,25,28). The number of amides is 1. The number of fused-ring (bicyclic) bond motifs is 1. The first kappa shape index (κ1) is 20.4. The lowest BCUT2D eigenvalue weighted by molar-refractivity contribution is -0.121. The fourth-order valence-corrected chi connectivity index (χ4v) is 3.61. The first-order valence-corrected chi connectivity index (χ1v) is 10.1. The minimum Gasteiger partial charge on any atom is -0.355 e. The molecule has 0 saturated carbocycles. The van der Waals surface area contributed by atoms with E-state index in [1.807, 2.05) is 32.3 Å². The van der Waals surface area contributed by atoms with Crippen molar-refractivity contribution >= 4 is 28.4 Å². The van der Waals surface area contributed by atoms with Gasteiger partial charge in [0.05, 0.1) is 0 Å². The van der Waals surface area contributed by atoms with Crippen LogP contribution in [0.15, 0.2) is 54.7 Å². The molecule has 1 N–H and O–H groups in total. The summed E-state index contributed by atoms with van der Waals surface area (Å²) in [6.07, 6.45) is 4.49. The minimum absolute atomic E-state index is 0.127. The number of aromatic nitrogens is 1. The summed E-state index contributed by atoms with van der Waals surface area (Å²) >= 11 is 6.35. The van der Waals surface area contributed by atoms with Crippen LogP contribution in [0.5, 0.6) is 0 Å². The van der Waals surface area contributed by atoms with Crippen molar-refractivity contribution in [3.8, 4) is 0 Å². The normalized spacial score (nSPS) is 11.3. The summed E-state index contributed by atoms with van der Waals surface area (Å²) in [6.45, 7) is 2.30. The van der Waals surface area contributed by atoms with E-state index in [-0.39, 0.29) is 5.91 Å². The van der Waals surface area contributed by atoms with E-state index in [0.717, 1.165) is 36.5 Å². The molecular formula is C23H28ClN3O. The van der Waals surface area contributed by atoms with Gasteiger partial charge in [0.15, 0.2) is 0 Å². The zero-order valence-electron chi connectivity index (χ0n) is 16.6. The van der Waals surface area contributed by atoms with E-state index in [2.05, 4.69) is 51.3 Å². The molecule has 28 heavy (non-hydrogen) atoms. The number of nitrogens with zero attached hydrogens (tertiary/aromatic N) is 2. The van der Waals surface area contributed by atoms with Gasteiger partial charge in [-0.15, -0.1) is 0 Å². The third-order valence-electron chi connectivity index (χ3n) is 4.90. The van der Waals surface area contributed by atoms with Gasteiger partial charge in [-0.25, -0.2) is 0 Å². The number of nitrogens with one attached hydrogen (secondary N) is 1. The molecule has 3 aromatic rings. The van der Waals surface area contributed by atoms with Crippen molar-refractivity contribution < 1.29 is 4.79 Å². The van der Waals surface area contributed by atoms with Crippen molar-refractivity contribution in [2.45, 2.75) is 25.8 Å². The van der Waals surface area contributed by atoms with Crippen molar-refractivity contribution in [2.24, 2.45) is 0 Å². The van der Waals surface area contributed by atoms with Crippen LogP contribution in [0.1, 0.15) is 24.0 Å². The fraction of sp³-hybridized carbons (Fsp3) is 0.348. The number of para-hydroxylation sites is 1. The Hall–Kier alpha value is -2.30. The largest absolute Gasteiger partial charge is 0.355 e. The van der Waals surface area contributed by atoms with Gasteiger partial charge in [0.25, 0.3) is 0 Å². The summed E-state index contributed by atoms with van der Waals surface area (Å²) < 4.78 is 2.25. The van der Waals surface area contributed by atoms with Gasteiger partial charge in [-0.1, -0.05) is 48.0 Å². The Labute approximate surface area is 172 Å². The highest BCUT2D eigenvalue weighted by atomic mass is 35.5. The Morgan fingerprint density at radius 1 is 1.07 bits per heavy atom. The van der Waals surface area contributed by atoms with Gasteiger partial charge in [-0.3, -0.25) is 4.79 Å². The van der Waals surface area contributed by atoms with Crippen LogP contribution in [0.25, 0.3) is 10.9 Å². The highest BCUT2D eigenvalue weighted by Gasteiger charge is 2.10. The maximum absolute atomic E-state index is 12.0. The molecule has 0 aliphatic heterocycles. The van der Waals surface area contributed by atoms with Gasteiger partial charge in [0.2, 0.25) is 5.91 Å². The van der Waals surface area contributed by atoms with Crippen LogP contribution in [0.3, 0.4) is 0 Å². The Bertz CT molecular complexity index is 932. The number of hydrogen-bond donors (Lipinski definition) is 1. The molecule has 0 spiro atoms. The maximum atomic E-state index is 12.0. The summed E-state index contributed by atoms with van der Waals surface area (Å²) in [4.78, 5) is 14.1. The monoisotopic (exact) mass is 397 g/mol. The first-order valence-electron chi connectivity index (χ1n) is 9.76. The van der Waals surface area contributed by atoms with Crippen molar-refractivity contribution in [3.63, 3.8) is 0 Å². The maximum Gasteiger partial charge on any atom is 0.220 e. The summed E-state index contributed by atoms with van der Waals surface area (Å²) in [6, 6.07) is 16.4. The van der Waals surface area contributed by atoms with Gasteiger partial charge >= 0.3 is 0 Å². The quantitative estimate of drug-likeness (QED) is 0.583. The second kappa shape index (κ2) is 9.76. The molecule has 0 atom stereocenters. The Kier molecular flexibility index (Phi) is 7.12. The summed E-state index contributed by atoms with van der Waals surface area (Å²) in [5.41, 5.74) is 3.59. The fourth-order valence-electron chi connectivity index (χ4n) is 3.41. The van der Waals surface area contributed by atoms with E-state index in [4.69, 9.17) is 11.6 Å². The highest BCUT2D eigenvalue weighted by molar-refractivity contribution is 6.31. The van der Waals surface area contributed by atoms with Crippen molar-refractivity contribution in [1.82, 2.24) is 14.8 Å². The van der Waals surface area contributed by atoms with Crippen molar-refractivity contribution in [1.29, 1.82) is 0 Å². The van der Waals surface area contributed by atoms with Crippen LogP contribution in [0, 0.1) is 0 Å². The molecule has 2 aromatic carbocycles. The van der Waals surface area contributed by atoms with E-state index in [9.17, 15) is 4.79 Å². The van der Waals surface area contributed by atoms with E-state index < -0.39 is 0 Å². The van der Waals surface area contributed by atoms with Gasteiger partial charge in [-0.2, -0.15) is 0 Å². The number of benzene rings is 2. The lowest BCUT2D eigenvalue weighted by Crippen LogP contribution is -2.31. The molecule has 5 heteroatoms. The van der Waals surface area contributed by atoms with Crippen LogP contribution in [0.2, 0.25) is 5.02 Å². The Morgan fingerprint density at radius 3 is 2.61 bits per heavy atom. The van der Waals surface area contributed by atoms with Gasteiger partial charge in [0, 0.05) is 48.2 Å². The molecule has 1 aromatic heterocycles.